The molecule has 2 rings (SSSR count). The van der Waals surface area contributed by atoms with E-state index < -0.39 is 17.8 Å². The van der Waals surface area contributed by atoms with E-state index in [0.29, 0.717) is 0 Å². The van der Waals surface area contributed by atoms with Crippen molar-refractivity contribution in [3.8, 4) is 0 Å². The van der Waals surface area contributed by atoms with Crippen LogP contribution in [-0.4, -0.2) is 40.4 Å². The van der Waals surface area contributed by atoms with Crippen molar-refractivity contribution in [2.75, 3.05) is 6.54 Å². The lowest BCUT2D eigenvalue weighted by molar-refractivity contribution is -0.152. The summed E-state index contributed by atoms with van der Waals surface area (Å²) < 4.78 is 4.89. The van der Waals surface area contributed by atoms with Gasteiger partial charge in [0.25, 0.3) is 0 Å². The first-order valence-electron chi connectivity index (χ1n) is 6.86. The topological polar surface area (TPSA) is 83.9 Å². The molecule has 1 aliphatic heterocycles. The molecular weight excluding hydrogens is 262 g/mol. The molecule has 1 heterocycles. The van der Waals surface area contributed by atoms with Crippen molar-refractivity contribution in [1.82, 2.24) is 4.90 Å². The van der Waals surface area contributed by atoms with Gasteiger partial charge >= 0.3 is 5.97 Å². The lowest BCUT2D eigenvalue weighted by atomic mass is 9.81. The summed E-state index contributed by atoms with van der Waals surface area (Å²) in [6, 6.07) is 0. The minimum Gasteiger partial charge on any atom is -0.502 e. The summed E-state index contributed by atoms with van der Waals surface area (Å²) in [5.74, 6) is -2.35. The third-order valence-electron chi connectivity index (χ3n) is 3.92. The molecule has 20 heavy (non-hydrogen) atoms. The predicted octanol–water partition coefficient (Wildman–Crippen LogP) is 1.17. The number of aliphatic hydroxyl groups is 1. The van der Waals surface area contributed by atoms with E-state index in [1.165, 1.54) is 4.90 Å². The zero-order valence-corrected chi connectivity index (χ0v) is 11.5. The number of ether oxygens (including phenoxy) is 1. The molecular formula is C14H19NO5. The molecule has 6 nitrogen and oxygen atoms in total. The van der Waals surface area contributed by atoms with Gasteiger partial charge in [-0.15, -0.1) is 0 Å². The zero-order chi connectivity index (χ0) is 14.9. The smallest absolute Gasteiger partial charge is 0.373 e. The summed E-state index contributed by atoms with van der Waals surface area (Å²) in [5.41, 5.74) is 0. The van der Waals surface area contributed by atoms with Gasteiger partial charge in [0, 0.05) is 0 Å². The van der Waals surface area contributed by atoms with Crippen molar-refractivity contribution in [2.45, 2.75) is 38.7 Å². The summed E-state index contributed by atoms with van der Waals surface area (Å²) in [6.45, 7) is 4.67. The molecule has 0 bridgehead atoms. The highest BCUT2D eigenvalue weighted by Gasteiger charge is 2.48. The van der Waals surface area contributed by atoms with Crippen LogP contribution in [0.5, 0.6) is 0 Å². The van der Waals surface area contributed by atoms with Gasteiger partial charge in [0.2, 0.25) is 11.8 Å². The van der Waals surface area contributed by atoms with Crippen LogP contribution in [0.3, 0.4) is 0 Å². The maximum atomic E-state index is 12.2. The number of carbonyl (C=O) groups excluding carboxylic acids is 3. The Morgan fingerprint density at radius 1 is 1.35 bits per heavy atom. The molecule has 0 radical (unpaired) electrons. The van der Waals surface area contributed by atoms with Gasteiger partial charge in [-0.25, -0.2) is 4.79 Å². The standard InChI is InChI=1S/C14H19NO5/c1-8(20-14(19)9(2)16)7-15-12(17)10-5-3-4-6-11(10)13(15)18/h8,10-11,16H,2-7H2,1H3. The van der Waals surface area contributed by atoms with Crippen LogP contribution in [0.1, 0.15) is 32.6 Å². The normalized spacial score (nSPS) is 27.1. The lowest BCUT2D eigenvalue weighted by Gasteiger charge is -2.20. The van der Waals surface area contributed by atoms with Crippen LogP contribution in [0, 0.1) is 11.8 Å². The zero-order valence-electron chi connectivity index (χ0n) is 11.5. The molecule has 1 N–H and O–H groups in total. The summed E-state index contributed by atoms with van der Waals surface area (Å²) in [6.07, 6.45) is 2.80. The van der Waals surface area contributed by atoms with Gasteiger partial charge in [-0.1, -0.05) is 12.8 Å². The Bertz CT molecular complexity index is 434. The number of amides is 2. The van der Waals surface area contributed by atoms with Gasteiger partial charge in [0.15, 0.2) is 5.76 Å². The number of aliphatic hydroxyl groups excluding tert-OH is 1. The molecule has 3 unspecified atom stereocenters. The van der Waals surface area contributed by atoms with Crippen LogP contribution in [-0.2, 0) is 19.1 Å². The fourth-order valence-corrected chi connectivity index (χ4v) is 2.96. The molecule has 2 aliphatic rings. The predicted molar refractivity (Wildman–Crippen MR) is 69.5 cm³/mol. The van der Waals surface area contributed by atoms with Crippen LogP contribution in [0.25, 0.3) is 0 Å². The molecule has 2 amide bonds. The second kappa shape index (κ2) is 5.64. The van der Waals surface area contributed by atoms with Crippen LogP contribution in [0.4, 0.5) is 0 Å². The van der Waals surface area contributed by atoms with E-state index in [0.717, 1.165) is 25.7 Å². The molecule has 0 spiro atoms. The lowest BCUT2D eigenvalue weighted by Crippen LogP contribution is -2.38. The summed E-state index contributed by atoms with van der Waals surface area (Å²) in [7, 11) is 0. The molecule has 1 saturated heterocycles. The van der Waals surface area contributed by atoms with Crippen molar-refractivity contribution in [3.05, 3.63) is 12.3 Å². The first kappa shape index (κ1) is 14.6. The van der Waals surface area contributed by atoms with Crippen molar-refractivity contribution in [2.24, 2.45) is 11.8 Å². The van der Waals surface area contributed by atoms with Crippen molar-refractivity contribution in [1.29, 1.82) is 0 Å². The van der Waals surface area contributed by atoms with E-state index in [2.05, 4.69) is 6.58 Å². The van der Waals surface area contributed by atoms with Crippen molar-refractivity contribution >= 4 is 17.8 Å². The third-order valence-corrected chi connectivity index (χ3v) is 3.92. The van der Waals surface area contributed by atoms with Crippen LogP contribution in [0.2, 0.25) is 0 Å². The van der Waals surface area contributed by atoms with Crippen LogP contribution < -0.4 is 0 Å². The van der Waals surface area contributed by atoms with Crippen molar-refractivity contribution < 1.29 is 24.2 Å². The molecule has 0 aromatic carbocycles. The number of likely N-dealkylation sites (tertiary alicyclic amines) is 1. The maximum absolute atomic E-state index is 12.2. The van der Waals surface area contributed by atoms with Gasteiger partial charge in [-0.2, -0.15) is 0 Å². The SMILES string of the molecule is C=C(O)C(=O)OC(C)CN1C(=O)C2CCCCC2C1=O. The van der Waals surface area contributed by atoms with E-state index in [4.69, 9.17) is 9.84 Å². The highest BCUT2D eigenvalue weighted by molar-refractivity contribution is 6.05. The first-order valence-corrected chi connectivity index (χ1v) is 6.86. The molecule has 1 aliphatic carbocycles. The average molecular weight is 281 g/mol. The third kappa shape index (κ3) is 2.69. The number of nitrogens with zero attached hydrogens (tertiary/aromatic N) is 1. The molecule has 1 saturated carbocycles. The molecule has 3 atom stereocenters. The Labute approximate surface area is 117 Å². The molecule has 110 valence electrons. The van der Waals surface area contributed by atoms with Gasteiger partial charge in [-0.3, -0.25) is 14.5 Å². The summed E-state index contributed by atoms with van der Waals surface area (Å²) in [4.78, 5) is 36.8. The monoisotopic (exact) mass is 281 g/mol. The Morgan fingerprint density at radius 2 is 1.85 bits per heavy atom. The molecule has 6 heteroatoms. The van der Waals surface area contributed by atoms with E-state index >= 15 is 0 Å². The first-order chi connectivity index (χ1) is 9.41. The van der Waals surface area contributed by atoms with Gasteiger partial charge in [-0.05, 0) is 26.3 Å². The molecule has 0 aromatic heterocycles. The summed E-state index contributed by atoms with van der Waals surface area (Å²) >= 11 is 0. The number of hydrogen-bond donors (Lipinski definition) is 1. The highest BCUT2D eigenvalue weighted by atomic mass is 16.6. The van der Waals surface area contributed by atoms with Gasteiger partial charge in [0.1, 0.15) is 6.10 Å². The highest BCUT2D eigenvalue weighted by Crippen LogP contribution is 2.38. The Morgan fingerprint density at radius 3 is 2.30 bits per heavy atom. The van der Waals surface area contributed by atoms with E-state index in [-0.39, 0.29) is 30.2 Å². The number of rotatable bonds is 4. The Hall–Kier alpha value is -1.85. The number of hydrogen-bond acceptors (Lipinski definition) is 5. The minimum absolute atomic E-state index is 0.0314. The van der Waals surface area contributed by atoms with Crippen LogP contribution >= 0.6 is 0 Å². The van der Waals surface area contributed by atoms with Gasteiger partial charge in [0.05, 0.1) is 18.4 Å². The quantitative estimate of drug-likeness (QED) is 0.362. The average Bonchev–Trinajstić information content (AvgIpc) is 2.64. The second-order valence-electron chi connectivity index (χ2n) is 5.45. The Kier molecular flexibility index (Phi) is 4.11. The van der Waals surface area contributed by atoms with E-state index in [1.54, 1.807) is 6.92 Å². The molecule has 2 fully saturated rings. The second-order valence-corrected chi connectivity index (χ2v) is 5.45. The maximum Gasteiger partial charge on any atom is 0.373 e. The fraction of sp³-hybridized carbons (Fsp3) is 0.643. The molecule has 0 aromatic rings. The van der Waals surface area contributed by atoms with Crippen molar-refractivity contribution in [3.63, 3.8) is 0 Å². The summed E-state index contributed by atoms with van der Waals surface area (Å²) in [5, 5.41) is 8.89. The number of fused-ring (bicyclic) bond motifs is 1. The van der Waals surface area contributed by atoms with E-state index in [1.807, 2.05) is 0 Å². The number of imide groups is 1. The largest absolute Gasteiger partial charge is 0.502 e. The fourth-order valence-electron chi connectivity index (χ4n) is 2.96. The number of esters is 1. The Balaban J connectivity index is 1.98. The number of carbonyl (C=O) groups is 3. The van der Waals surface area contributed by atoms with Crippen LogP contribution in [0.15, 0.2) is 12.3 Å². The van der Waals surface area contributed by atoms with Gasteiger partial charge < -0.3 is 9.84 Å². The minimum atomic E-state index is -0.936. The van der Waals surface area contributed by atoms with E-state index in [9.17, 15) is 14.4 Å².